The van der Waals surface area contributed by atoms with Gasteiger partial charge in [0.05, 0.1) is 23.5 Å². The molecule has 3 aromatic rings. The number of fused-ring (bicyclic) bond motifs is 3. The van der Waals surface area contributed by atoms with Gasteiger partial charge in [-0.2, -0.15) is 5.10 Å². The van der Waals surface area contributed by atoms with Gasteiger partial charge in [-0.25, -0.2) is 15.0 Å². The number of aromatic nitrogens is 5. The minimum Gasteiger partial charge on any atom is -0.357 e. The number of nitrogens with one attached hydrogen (secondary N) is 2. The van der Waals surface area contributed by atoms with Gasteiger partial charge in [0, 0.05) is 50.4 Å². The number of hydrogen-bond acceptors (Lipinski definition) is 9. The maximum Gasteiger partial charge on any atom is 0.278 e. The second kappa shape index (κ2) is 11.4. The number of nitrogens with zero attached hydrogens (tertiary/aromatic N) is 7. The monoisotopic (exact) mass is 591 g/mol. The zero-order chi connectivity index (χ0) is 29.6. The van der Waals surface area contributed by atoms with E-state index >= 15 is 0 Å². The molecular formula is C30H41N9O2S. The smallest absolute Gasteiger partial charge is 0.278 e. The average Bonchev–Trinajstić information content (AvgIpc) is 3.57. The summed E-state index contributed by atoms with van der Waals surface area (Å²) < 4.78 is 1.73. The van der Waals surface area contributed by atoms with Gasteiger partial charge in [-0.1, -0.05) is 20.8 Å². The Bertz CT molecular complexity index is 1480. The van der Waals surface area contributed by atoms with E-state index in [2.05, 4.69) is 51.4 Å². The van der Waals surface area contributed by atoms with E-state index in [-0.39, 0.29) is 23.7 Å². The molecule has 0 saturated carbocycles. The van der Waals surface area contributed by atoms with E-state index in [4.69, 9.17) is 4.98 Å². The lowest BCUT2D eigenvalue weighted by Gasteiger charge is -2.41. The Hall–Kier alpha value is -3.38. The highest BCUT2D eigenvalue weighted by molar-refractivity contribution is 7.14. The highest BCUT2D eigenvalue weighted by atomic mass is 32.1. The number of piperidine rings is 2. The van der Waals surface area contributed by atoms with Crippen LogP contribution in [0.1, 0.15) is 73.8 Å². The van der Waals surface area contributed by atoms with Crippen molar-refractivity contribution in [2.24, 2.45) is 13.0 Å². The summed E-state index contributed by atoms with van der Waals surface area (Å²) >= 11 is 1.33. The molecule has 42 heavy (non-hydrogen) atoms. The van der Waals surface area contributed by atoms with E-state index in [1.807, 2.05) is 23.5 Å². The number of carbonyl (C=O) groups excluding carboxylic acids is 2. The summed E-state index contributed by atoms with van der Waals surface area (Å²) in [7, 11) is 3.62. The highest BCUT2D eigenvalue weighted by Gasteiger charge is 2.40. The van der Waals surface area contributed by atoms with Gasteiger partial charge in [0.1, 0.15) is 0 Å². The first-order valence-corrected chi connectivity index (χ1v) is 15.9. The van der Waals surface area contributed by atoms with Gasteiger partial charge in [-0.3, -0.25) is 19.6 Å². The molecule has 2 amide bonds. The molecule has 0 radical (unpaired) electrons. The molecule has 5 heterocycles. The van der Waals surface area contributed by atoms with Crippen molar-refractivity contribution in [2.75, 3.05) is 43.9 Å². The molecule has 3 aromatic heterocycles. The Kier molecular flexibility index (Phi) is 7.77. The molecule has 2 N–H and O–H groups in total. The Morgan fingerprint density at radius 3 is 2.55 bits per heavy atom. The third-order valence-corrected chi connectivity index (χ3v) is 9.95. The number of amides is 2. The molecular weight excluding hydrogens is 550 g/mol. The minimum absolute atomic E-state index is 0.103. The summed E-state index contributed by atoms with van der Waals surface area (Å²) in [5, 5.41) is 12.9. The summed E-state index contributed by atoms with van der Waals surface area (Å²) in [6.45, 7) is 10.5. The van der Waals surface area contributed by atoms with Crippen LogP contribution in [0.3, 0.4) is 0 Å². The third kappa shape index (κ3) is 5.54. The third-order valence-electron chi connectivity index (χ3n) is 9.14. The van der Waals surface area contributed by atoms with Crippen molar-refractivity contribution in [3.8, 4) is 11.4 Å². The van der Waals surface area contributed by atoms with Crippen LogP contribution in [-0.4, -0.2) is 85.6 Å². The van der Waals surface area contributed by atoms with Crippen LogP contribution in [0.25, 0.3) is 11.4 Å². The summed E-state index contributed by atoms with van der Waals surface area (Å²) in [4.78, 5) is 44.9. The lowest BCUT2D eigenvalue weighted by atomic mass is 9.73. The van der Waals surface area contributed by atoms with E-state index in [1.165, 1.54) is 37.3 Å². The SMILES string of the molecule is CNc1ncc2c(n1)-c1c(c(C(=O)Nc3nc(CC(=O)N4CCC(N5CCC(C)CC5)CC4)cs3)nn1C)C(C)(C)C2. The predicted molar refractivity (Wildman–Crippen MR) is 164 cm³/mol. The normalized spacial score (nSPS) is 19.3. The van der Waals surface area contributed by atoms with E-state index in [9.17, 15) is 9.59 Å². The van der Waals surface area contributed by atoms with Crippen LogP contribution in [0.5, 0.6) is 0 Å². The second-order valence-electron chi connectivity index (χ2n) is 12.7. The number of thiazole rings is 1. The zero-order valence-corrected chi connectivity index (χ0v) is 26.1. The van der Waals surface area contributed by atoms with Crippen molar-refractivity contribution in [1.82, 2.24) is 34.5 Å². The largest absolute Gasteiger partial charge is 0.357 e. The van der Waals surface area contributed by atoms with E-state index in [1.54, 1.807) is 11.7 Å². The molecule has 1 aliphatic carbocycles. The van der Waals surface area contributed by atoms with Crippen LogP contribution >= 0.6 is 11.3 Å². The fourth-order valence-corrected chi connectivity index (χ4v) is 7.47. The van der Waals surface area contributed by atoms with Gasteiger partial charge in [0.15, 0.2) is 10.8 Å². The van der Waals surface area contributed by atoms with Gasteiger partial charge in [0.25, 0.3) is 5.91 Å². The first kappa shape index (κ1) is 28.7. The van der Waals surface area contributed by atoms with Crippen LogP contribution in [0, 0.1) is 5.92 Å². The van der Waals surface area contributed by atoms with Crippen molar-refractivity contribution in [1.29, 1.82) is 0 Å². The summed E-state index contributed by atoms with van der Waals surface area (Å²) in [5.41, 5.74) is 4.23. The Morgan fingerprint density at radius 2 is 1.83 bits per heavy atom. The molecule has 12 heteroatoms. The number of likely N-dealkylation sites (tertiary alicyclic amines) is 2. The lowest BCUT2D eigenvalue weighted by molar-refractivity contribution is -0.132. The maximum atomic E-state index is 13.5. The van der Waals surface area contributed by atoms with Crippen molar-refractivity contribution < 1.29 is 9.59 Å². The summed E-state index contributed by atoms with van der Waals surface area (Å²) in [6.07, 6.45) is 7.43. The molecule has 11 nitrogen and oxygen atoms in total. The van der Waals surface area contributed by atoms with Crippen molar-refractivity contribution in [3.63, 3.8) is 0 Å². The number of anilines is 2. The van der Waals surface area contributed by atoms with E-state index in [0.717, 1.165) is 54.4 Å². The second-order valence-corrected chi connectivity index (χ2v) is 13.5. The van der Waals surface area contributed by atoms with Gasteiger partial charge in [-0.05, 0) is 62.1 Å². The first-order chi connectivity index (χ1) is 20.1. The van der Waals surface area contributed by atoms with Crippen LogP contribution in [0.15, 0.2) is 11.6 Å². The van der Waals surface area contributed by atoms with Crippen LogP contribution < -0.4 is 10.6 Å². The number of aryl methyl sites for hydroxylation is 1. The van der Waals surface area contributed by atoms with Gasteiger partial charge >= 0.3 is 0 Å². The van der Waals surface area contributed by atoms with Crippen LogP contribution in [0.4, 0.5) is 11.1 Å². The Labute approximate surface area is 251 Å². The van der Waals surface area contributed by atoms with Gasteiger partial charge in [0.2, 0.25) is 11.9 Å². The lowest BCUT2D eigenvalue weighted by Crippen LogP contribution is -2.49. The van der Waals surface area contributed by atoms with Gasteiger partial charge < -0.3 is 15.1 Å². The molecule has 0 bridgehead atoms. The molecule has 3 aliphatic rings. The molecule has 0 atom stereocenters. The van der Waals surface area contributed by atoms with E-state index in [0.29, 0.717) is 34.9 Å². The number of rotatable bonds is 6. The standard InChI is InChI=1S/C30H41N9O2S/c1-18-6-10-38(11-7-18)21-8-12-39(13-9-21)22(40)14-20-17-42-29(33-20)35-27(41)25-23-26(37(5)36-25)24-19(15-30(23,2)3)16-32-28(31-4)34-24/h16-18,21H,6-15H2,1-5H3,(H,31,32,34)(H,33,35,41). The quantitative estimate of drug-likeness (QED) is 0.445. The number of carbonyl (C=O) groups is 2. The maximum absolute atomic E-state index is 13.5. The molecule has 2 saturated heterocycles. The fourth-order valence-electron chi connectivity index (χ4n) is 6.76. The fraction of sp³-hybridized carbons (Fsp3) is 0.600. The van der Waals surface area contributed by atoms with Gasteiger partial charge in [-0.15, -0.1) is 11.3 Å². The first-order valence-electron chi connectivity index (χ1n) is 15.0. The predicted octanol–water partition coefficient (Wildman–Crippen LogP) is 3.73. The summed E-state index contributed by atoms with van der Waals surface area (Å²) in [6, 6.07) is 0.594. The molecule has 224 valence electrons. The van der Waals surface area contributed by atoms with Crippen molar-refractivity contribution >= 4 is 34.2 Å². The molecule has 2 aliphatic heterocycles. The molecule has 0 aromatic carbocycles. The topological polar surface area (TPSA) is 121 Å². The Morgan fingerprint density at radius 1 is 1.10 bits per heavy atom. The van der Waals surface area contributed by atoms with Crippen molar-refractivity contribution in [2.45, 2.75) is 70.8 Å². The number of hydrogen-bond donors (Lipinski definition) is 2. The van der Waals surface area contributed by atoms with Crippen LogP contribution in [0.2, 0.25) is 0 Å². The summed E-state index contributed by atoms with van der Waals surface area (Å²) in [5.74, 6) is 1.15. The molecule has 2 fully saturated rings. The Balaban J connectivity index is 1.10. The zero-order valence-electron chi connectivity index (χ0n) is 25.2. The van der Waals surface area contributed by atoms with Crippen LogP contribution in [-0.2, 0) is 30.1 Å². The molecule has 0 unspecified atom stereocenters. The average molecular weight is 592 g/mol. The molecule has 0 spiro atoms. The highest BCUT2D eigenvalue weighted by Crippen LogP contribution is 2.44. The van der Waals surface area contributed by atoms with E-state index < -0.39 is 0 Å². The minimum atomic E-state index is -0.339. The molecule has 6 rings (SSSR count). The van der Waals surface area contributed by atoms with Crippen molar-refractivity contribution in [3.05, 3.63) is 34.1 Å².